The normalized spacial score (nSPS) is 15.3. The molecular formula is C15H22ClN3O. The Hall–Kier alpha value is -1.42. The molecule has 1 aromatic rings. The van der Waals surface area contributed by atoms with Crippen LogP contribution in [0.25, 0.3) is 0 Å². The molecule has 0 radical (unpaired) electrons. The standard InChI is InChI=1S/C15H22ClN3O/c1-2-3-7-17-15(20)19-10-8-18(9-11-19)14-6-4-5-13(16)12-14/h4-6,12H,2-3,7-11H2,1H3,(H,17,20). The summed E-state index contributed by atoms with van der Waals surface area (Å²) in [5.74, 6) is 0. The Balaban J connectivity index is 1.81. The van der Waals surface area contributed by atoms with Gasteiger partial charge in [0.1, 0.15) is 0 Å². The molecule has 1 saturated heterocycles. The molecule has 20 heavy (non-hydrogen) atoms. The number of nitrogens with one attached hydrogen (secondary N) is 1. The Kier molecular flexibility index (Phi) is 5.53. The number of benzene rings is 1. The van der Waals surface area contributed by atoms with E-state index >= 15 is 0 Å². The first kappa shape index (κ1) is 15.0. The number of hydrogen-bond acceptors (Lipinski definition) is 2. The number of amides is 2. The maximum absolute atomic E-state index is 11.9. The molecule has 0 aliphatic carbocycles. The molecule has 0 aromatic heterocycles. The maximum atomic E-state index is 11.9. The number of rotatable bonds is 4. The van der Waals surface area contributed by atoms with Gasteiger partial charge in [-0.25, -0.2) is 4.79 Å². The van der Waals surface area contributed by atoms with E-state index in [2.05, 4.69) is 23.2 Å². The second kappa shape index (κ2) is 7.39. The average molecular weight is 296 g/mol. The first-order valence-electron chi connectivity index (χ1n) is 7.24. The molecule has 2 rings (SSSR count). The molecule has 1 fully saturated rings. The lowest BCUT2D eigenvalue weighted by atomic mass is 10.2. The largest absolute Gasteiger partial charge is 0.368 e. The fraction of sp³-hybridized carbons (Fsp3) is 0.533. The van der Waals surface area contributed by atoms with Gasteiger partial charge in [-0.1, -0.05) is 31.0 Å². The van der Waals surface area contributed by atoms with Crippen LogP contribution in [0.2, 0.25) is 5.02 Å². The summed E-state index contributed by atoms with van der Waals surface area (Å²) in [6.45, 7) is 6.10. The second-order valence-electron chi connectivity index (χ2n) is 5.04. The van der Waals surface area contributed by atoms with Gasteiger partial charge in [-0.3, -0.25) is 0 Å². The number of carbonyl (C=O) groups is 1. The van der Waals surface area contributed by atoms with E-state index < -0.39 is 0 Å². The van der Waals surface area contributed by atoms with Crippen molar-refractivity contribution in [2.45, 2.75) is 19.8 Å². The fourth-order valence-corrected chi connectivity index (χ4v) is 2.51. The van der Waals surface area contributed by atoms with Crippen molar-refractivity contribution in [3.05, 3.63) is 29.3 Å². The molecule has 1 aromatic carbocycles. The number of halogens is 1. The molecule has 0 atom stereocenters. The molecule has 1 N–H and O–H groups in total. The van der Waals surface area contributed by atoms with Crippen molar-refractivity contribution in [2.75, 3.05) is 37.6 Å². The lowest BCUT2D eigenvalue weighted by Crippen LogP contribution is -2.52. The summed E-state index contributed by atoms with van der Waals surface area (Å²) < 4.78 is 0. The van der Waals surface area contributed by atoms with Crippen molar-refractivity contribution < 1.29 is 4.79 Å². The highest BCUT2D eigenvalue weighted by molar-refractivity contribution is 6.30. The number of urea groups is 1. The molecular weight excluding hydrogens is 274 g/mol. The summed E-state index contributed by atoms with van der Waals surface area (Å²) in [6.07, 6.45) is 2.14. The van der Waals surface area contributed by atoms with Crippen molar-refractivity contribution in [3.63, 3.8) is 0 Å². The van der Waals surface area contributed by atoms with Crippen LogP contribution >= 0.6 is 11.6 Å². The minimum Gasteiger partial charge on any atom is -0.368 e. The third kappa shape index (κ3) is 4.04. The van der Waals surface area contributed by atoms with Gasteiger partial charge in [0, 0.05) is 43.4 Å². The van der Waals surface area contributed by atoms with Gasteiger partial charge >= 0.3 is 6.03 Å². The summed E-state index contributed by atoms with van der Waals surface area (Å²) in [5, 5.41) is 3.72. The molecule has 4 nitrogen and oxygen atoms in total. The third-order valence-electron chi connectivity index (χ3n) is 3.55. The number of nitrogens with zero attached hydrogens (tertiary/aromatic N) is 2. The average Bonchev–Trinajstić information content (AvgIpc) is 2.47. The van der Waals surface area contributed by atoms with Gasteiger partial charge in [0.2, 0.25) is 0 Å². The highest BCUT2D eigenvalue weighted by Crippen LogP contribution is 2.20. The lowest BCUT2D eigenvalue weighted by Gasteiger charge is -2.36. The highest BCUT2D eigenvalue weighted by Gasteiger charge is 2.20. The van der Waals surface area contributed by atoms with Crippen LogP contribution in [0, 0.1) is 0 Å². The van der Waals surface area contributed by atoms with Crippen molar-refractivity contribution in [1.29, 1.82) is 0 Å². The quantitative estimate of drug-likeness (QED) is 0.867. The van der Waals surface area contributed by atoms with Crippen LogP contribution in [0.4, 0.5) is 10.5 Å². The van der Waals surface area contributed by atoms with E-state index in [9.17, 15) is 4.79 Å². The van der Waals surface area contributed by atoms with E-state index in [1.807, 2.05) is 23.1 Å². The minimum atomic E-state index is 0.0594. The smallest absolute Gasteiger partial charge is 0.317 e. The van der Waals surface area contributed by atoms with Crippen LogP contribution in [0.1, 0.15) is 19.8 Å². The Bertz CT molecular complexity index is 444. The first-order valence-corrected chi connectivity index (χ1v) is 7.62. The Morgan fingerprint density at radius 3 is 2.70 bits per heavy atom. The topological polar surface area (TPSA) is 35.6 Å². The van der Waals surface area contributed by atoms with Gasteiger partial charge in [0.05, 0.1) is 0 Å². The molecule has 0 saturated carbocycles. The maximum Gasteiger partial charge on any atom is 0.317 e. The van der Waals surface area contributed by atoms with Gasteiger partial charge in [0.15, 0.2) is 0 Å². The van der Waals surface area contributed by atoms with E-state index in [0.29, 0.717) is 0 Å². The summed E-state index contributed by atoms with van der Waals surface area (Å²) in [6, 6.07) is 7.93. The van der Waals surface area contributed by atoms with Gasteiger partial charge in [-0.2, -0.15) is 0 Å². The van der Waals surface area contributed by atoms with Gasteiger partial charge in [-0.05, 0) is 24.6 Å². The Morgan fingerprint density at radius 1 is 1.30 bits per heavy atom. The number of carbonyl (C=O) groups excluding carboxylic acids is 1. The molecule has 0 unspecified atom stereocenters. The van der Waals surface area contributed by atoms with Crippen molar-refractivity contribution in [1.82, 2.24) is 10.2 Å². The highest BCUT2D eigenvalue weighted by atomic mass is 35.5. The number of piperazine rings is 1. The number of anilines is 1. The predicted octanol–water partition coefficient (Wildman–Crippen LogP) is 2.97. The minimum absolute atomic E-state index is 0.0594. The SMILES string of the molecule is CCCCNC(=O)N1CCN(c2cccc(Cl)c2)CC1. The third-order valence-corrected chi connectivity index (χ3v) is 3.78. The molecule has 2 amide bonds. The molecule has 110 valence electrons. The van der Waals surface area contributed by atoms with Crippen LogP contribution in [0.5, 0.6) is 0 Å². The molecule has 1 heterocycles. The van der Waals surface area contributed by atoms with Gasteiger partial charge in [-0.15, -0.1) is 0 Å². The van der Waals surface area contributed by atoms with Crippen LogP contribution in [-0.2, 0) is 0 Å². The number of hydrogen-bond donors (Lipinski definition) is 1. The van der Waals surface area contributed by atoms with Crippen molar-refractivity contribution in [2.24, 2.45) is 0 Å². The summed E-state index contributed by atoms with van der Waals surface area (Å²) in [4.78, 5) is 16.1. The first-order chi connectivity index (χ1) is 9.70. The second-order valence-corrected chi connectivity index (χ2v) is 5.48. The molecule has 1 aliphatic rings. The summed E-state index contributed by atoms with van der Waals surface area (Å²) >= 11 is 6.01. The summed E-state index contributed by atoms with van der Waals surface area (Å²) in [5.41, 5.74) is 1.13. The molecule has 5 heteroatoms. The van der Waals surface area contributed by atoms with Gasteiger partial charge < -0.3 is 15.1 Å². The van der Waals surface area contributed by atoms with Crippen LogP contribution < -0.4 is 10.2 Å². The van der Waals surface area contributed by atoms with Crippen molar-refractivity contribution >= 4 is 23.3 Å². The van der Waals surface area contributed by atoms with Crippen LogP contribution in [-0.4, -0.2) is 43.7 Å². The zero-order valence-corrected chi connectivity index (χ0v) is 12.7. The molecule has 0 spiro atoms. The fourth-order valence-electron chi connectivity index (χ4n) is 2.32. The Labute approximate surface area is 125 Å². The van der Waals surface area contributed by atoms with E-state index in [4.69, 9.17) is 11.6 Å². The zero-order valence-electron chi connectivity index (χ0n) is 11.9. The predicted molar refractivity (Wildman–Crippen MR) is 83.5 cm³/mol. The van der Waals surface area contributed by atoms with E-state index in [1.54, 1.807) is 0 Å². The number of unbranched alkanes of at least 4 members (excludes halogenated alkanes) is 1. The van der Waals surface area contributed by atoms with Gasteiger partial charge in [0.25, 0.3) is 0 Å². The Morgan fingerprint density at radius 2 is 2.05 bits per heavy atom. The van der Waals surface area contributed by atoms with Crippen LogP contribution in [0.3, 0.4) is 0 Å². The zero-order chi connectivity index (χ0) is 14.4. The van der Waals surface area contributed by atoms with Crippen molar-refractivity contribution in [3.8, 4) is 0 Å². The monoisotopic (exact) mass is 295 g/mol. The molecule has 1 aliphatic heterocycles. The van der Waals surface area contributed by atoms with E-state index in [-0.39, 0.29) is 6.03 Å². The van der Waals surface area contributed by atoms with E-state index in [0.717, 1.165) is 56.3 Å². The summed E-state index contributed by atoms with van der Waals surface area (Å²) in [7, 11) is 0. The van der Waals surface area contributed by atoms with Crippen LogP contribution in [0.15, 0.2) is 24.3 Å². The van der Waals surface area contributed by atoms with E-state index in [1.165, 1.54) is 0 Å². The lowest BCUT2D eigenvalue weighted by molar-refractivity contribution is 0.194. The molecule has 0 bridgehead atoms.